The first-order chi connectivity index (χ1) is 7.78. The quantitative estimate of drug-likeness (QED) is 0.817. The highest BCUT2D eigenvalue weighted by Gasteiger charge is 2.01. The van der Waals surface area contributed by atoms with Gasteiger partial charge in [-0.2, -0.15) is 0 Å². The fourth-order valence-corrected chi connectivity index (χ4v) is 1.54. The van der Waals surface area contributed by atoms with Crippen LogP contribution in [0.2, 0.25) is 0 Å². The maximum Gasteiger partial charge on any atom is 0.238 e. The minimum Gasteiger partial charge on any atom is -0.436 e. The Hall–Kier alpha value is -1.20. The molecule has 2 aromatic rings. The molecule has 0 saturated carbocycles. The third-order valence-electron chi connectivity index (χ3n) is 1.70. The van der Waals surface area contributed by atoms with Crippen molar-refractivity contribution in [3.63, 3.8) is 0 Å². The Morgan fingerprint density at radius 2 is 2.00 bits per heavy atom. The predicted octanol–water partition coefficient (Wildman–Crippen LogP) is 3.17. The lowest BCUT2D eigenvalue weighted by Crippen LogP contribution is -1.93. The number of pyridine rings is 1. The lowest BCUT2D eigenvalue weighted by atomic mass is 10.4. The molecule has 0 bridgehead atoms. The summed E-state index contributed by atoms with van der Waals surface area (Å²) in [5.41, 5.74) is 0.669. The van der Waals surface area contributed by atoms with Crippen LogP contribution in [-0.2, 0) is 5.88 Å². The molecule has 2 aromatic heterocycles. The average molecular weight is 301 g/mol. The molecule has 82 valence electrons. The van der Waals surface area contributed by atoms with Crippen molar-refractivity contribution in [1.29, 1.82) is 0 Å². The van der Waals surface area contributed by atoms with Gasteiger partial charge in [-0.15, -0.1) is 11.6 Å². The zero-order valence-corrected chi connectivity index (χ0v) is 10.4. The fraction of sp³-hybridized carbons (Fsp3) is 0.100. The van der Waals surface area contributed by atoms with E-state index in [-0.39, 0.29) is 0 Å². The van der Waals surface area contributed by atoms with Crippen LogP contribution in [0.4, 0.5) is 0 Å². The molecule has 0 unspecified atom stereocenters. The smallest absolute Gasteiger partial charge is 0.238 e. The van der Waals surface area contributed by atoms with E-state index in [4.69, 9.17) is 16.3 Å². The molecule has 0 amide bonds. The molecule has 0 aliphatic heterocycles. The van der Waals surface area contributed by atoms with Gasteiger partial charge < -0.3 is 4.74 Å². The Bertz CT molecular complexity index is 495. The van der Waals surface area contributed by atoms with Gasteiger partial charge in [0.2, 0.25) is 5.88 Å². The van der Waals surface area contributed by atoms with Gasteiger partial charge in [-0.1, -0.05) is 0 Å². The lowest BCUT2D eigenvalue weighted by molar-refractivity contribution is 0.456. The lowest BCUT2D eigenvalue weighted by Gasteiger charge is -2.04. The molecule has 2 rings (SSSR count). The van der Waals surface area contributed by atoms with E-state index in [0.717, 1.165) is 4.47 Å². The summed E-state index contributed by atoms with van der Waals surface area (Å²) in [6, 6.07) is 1.79. The largest absolute Gasteiger partial charge is 0.436 e. The van der Waals surface area contributed by atoms with E-state index in [9.17, 15) is 0 Å². The summed E-state index contributed by atoms with van der Waals surface area (Å²) < 4.78 is 6.32. The van der Waals surface area contributed by atoms with Crippen LogP contribution < -0.4 is 4.74 Å². The fourth-order valence-electron chi connectivity index (χ4n) is 1.07. The van der Waals surface area contributed by atoms with Gasteiger partial charge in [-0.3, -0.25) is 9.97 Å². The standard InChI is InChI=1S/C10H7BrClN3O/c11-7-1-9(5-13-3-7)16-10-6-14-4-8(2-12)15-10/h1,3-6H,2H2. The van der Waals surface area contributed by atoms with Crippen LogP contribution in [-0.4, -0.2) is 15.0 Å². The first-order valence-electron chi connectivity index (χ1n) is 4.43. The zero-order valence-electron chi connectivity index (χ0n) is 8.10. The van der Waals surface area contributed by atoms with Crippen LogP contribution in [0.15, 0.2) is 35.3 Å². The Kier molecular flexibility index (Phi) is 3.69. The summed E-state index contributed by atoms with van der Waals surface area (Å²) in [7, 11) is 0. The van der Waals surface area contributed by atoms with Gasteiger partial charge in [0.05, 0.1) is 24.0 Å². The van der Waals surface area contributed by atoms with E-state index < -0.39 is 0 Å². The molecule has 0 aromatic carbocycles. The van der Waals surface area contributed by atoms with Gasteiger partial charge >= 0.3 is 0 Å². The molecule has 0 atom stereocenters. The number of hydrogen-bond donors (Lipinski definition) is 0. The van der Waals surface area contributed by atoms with Crippen molar-refractivity contribution in [1.82, 2.24) is 15.0 Å². The van der Waals surface area contributed by atoms with E-state index in [1.807, 2.05) is 0 Å². The monoisotopic (exact) mass is 299 g/mol. The molecular weight excluding hydrogens is 293 g/mol. The molecule has 16 heavy (non-hydrogen) atoms. The summed E-state index contributed by atoms with van der Waals surface area (Å²) in [4.78, 5) is 12.1. The van der Waals surface area contributed by atoms with Crippen molar-refractivity contribution in [2.45, 2.75) is 5.88 Å². The summed E-state index contributed by atoms with van der Waals surface area (Å²) in [6.45, 7) is 0. The maximum absolute atomic E-state index is 5.65. The predicted molar refractivity (Wildman–Crippen MR) is 63.6 cm³/mol. The highest BCUT2D eigenvalue weighted by Crippen LogP contribution is 2.21. The highest BCUT2D eigenvalue weighted by atomic mass is 79.9. The van der Waals surface area contributed by atoms with Crippen molar-refractivity contribution in [3.8, 4) is 11.6 Å². The first-order valence-corrected chi connectivity index (χ1v) is 5.76. The van der Waals surface area contributed by atoms with E-state index in [0.29, 0.717) is 23.2 Å². The van der Waals surface area contributed by atoms with Gasteiger partial charge in [0, 0.05) is 16.9 Å². The first kappa shape index (κ1) is 11.3. The van der Waals surface area contributed by atoms with Crippen LogP contribution in [0.3, 0.4) is 0 Å². The van der Waals surface area contributed by atoms with Gasteiger partial charge in [0.1, 0.15) is 5.75 Å². The Labute approximate surface area is 106 Å². The number of alkyl halides is 1. The van der Waals surface area contributed by atoms with Gasteiger partial charge in [-0.05, 0) is 22.0 Å². The van der Waals surface area contributed by atoms with Crippen molar-refractivity contribution in [3.05, 3.63) is 41.0 Å². The molecule has 0 aliphatic carbocycles. The second-order valence-corrected chi connectivity index (χ2v) is 4.11. The number of ether oxygens (including phenoxy) is 1. The molecule has 0 radical (unpaired) electrons. The number of halogens is 2. The molecule has 6 heteroatoms. The number of aromatic nitrogens is 3. The second-order valence-electron chi connectivity index (χ2n) is 2.92. The molecule has 0 N–H and O–H groups in total. The second kappa shape index (κ2) is 5.23. The van der Waals surface area contributed by atoms with Crippen molar-refractivity contribution >= 4 is 27.5 Å². The van der Waals surface area contributed by atoms with Crippen LogP contribution in [0, 0.1) is 0 Å². The third-order valence-corrected chi connectivity index (χ3v) is 2.41. The summed E-state index contributed by atoms with van der Waals surface area (Å²) in [5.74, 6) is 1.30. The average Bonchev–Trinajstić information content (AvgIpc) is 2.29. The molecule has 4 nitrogen and oxygen atoms in total. The SMILES string of the molecule is ClCc1cncc(Oc2cncc(Br)c2)n1. The normalized spacial score (nSPS) is 10.1. The summed E-state index contributed by atoms with van der Waals surface area (Å²) in [5, 5.41) is 0. The highest BCUT2D eigenvalue weighted by molar-refractivity contribution is 9.10. The zero-order chi connectivity index (χ0) is 11.4. The Morgan fingerprint density at radius 3 is 2.75 bits per heavy atom. The topological polar surface area (TPSA) is 47.9 Å². The van der Waals surface area contributed by atoms with Crippen molar-refractivity contribution < 1.29 is 4.74 Å². The van der Waals surface area contributed by atoms with E-state index in [1.54, 1.807) is 24.7 Å². The van der Waals surface area contributed by atoms with Crippen molar-refractivity contribution in [2.24, 2.45) is 0 Å². The van der Waals surface area contributed by atoms with Gasteiger partial charge in [0.25, 0.3) is 0 Å². The molecule has 2 heterocycles. The molecule has 0 saturated heterocycles. The van der Waals surface area contributed by atoms with Crippen molar-refractivity contribution in [2.75, 3.05) is 0 Å². The van der Waals surface area contributed by atoms with Crippen LogP contribution in [0.25, 0.3) is 0 Å². The number of hydrogen-bond acceptors (Lipinski definition) is 4. The third kappa shape index (κ3) is 2.90. The number of rotatable bonds is 3. The van der Waals surface area contributed by atoms with Crippen LogP contribution >= 0.6 is 27.5 Å². The van der Waals surface area contributed by atoms with E-state index >= 15 is 0 Å². The summed E-state index contributed by atoms with van der Waals surface area (Å²) >= 11 is 8.95. The van der Waals surface area contributed by atoms with Gasteiger partial charge in [-0.25, -0.2) is 4.98 Å². The Balaban J connectivity index is 2.20. The number of nitrogens with zero attached hydrogens (tertiary/aromatic N) is 3. The maximum atomic E-state index is 5.65. The Morgan fingerprint density at radius 1 is 1.19 bits per heavy atom. The molecule has 0 spiro atoms. The van der Waals surface area contributed by atoms with Crippen LogP contribution in [0.1, 0.15) is 5.69 Å². The molecule has 0 fully saturated rings. The summed E-state index contributed by atoms with van der Waals surface area (Å²) in [6.07, 6.45) is 6.39. The van der Waals surface area contributed by atoms with Crippen LogP contribution in [0.5, 0.6) is 11.6 Å². The van der Waals surface area contributed by atoms with Gasteiger partial charge in [0.15, 0.2) is 0 Å². The van der Waals surface area contributed by atoms with E-state index in [2.05, 4.69) is 30.9 Å². The van der Waals surface area contributed by atoms with E-state index in [1.165, 1.54) is 6.20 Å². The molecule has 0 aliphatic rings. The minimum absolute atomic E-state index is 0.306. The molecular formula is C10H7BrClN3O. The minimum atomic E-state index is 0.306.